The van der Waals surface area contributed by atoms with Gasteiger partial charge in [0.05, 0.1) is 17.2 Å². The molecule has 4 aliphatic rings. The van der Waals surface area contributed by atoms with Crippen LogP contribution in [0.25, 0.3) is 32.9 Å². The Labute approximate surface area is 256 Å². The first-order chi connectivity index (χ1) is 21.2. The molecule has 6 heterocycles. The number of piperazine rings is 1. The van der Waals surface area contributed by atoms with Gasteiger partial charge in [0.15, 0.2) is 5.82 Å². The van der Waals surface area contributed by atoms with E-state index in [9.17, 15) is 8.42 Å². The largest absolute Gasteiger partial charge is 0.461 e. The number of pyridine rings is 1. The molecular weight excluding hydrogens is 581 g/mol. The Kier molecular flexibility index (Phi) is 6.65. The summed E-state index contributed by atoms with van der Waals surface area (Å²) in [6, 6.07) is 11.7. The molecule has 4 aliphatic heterocycles. The summed E-state index contributed by atoms with van der Waals surface area (Å²) in [4.78, 5) is 19.0. The Balaban J connectivity index is 1.26. The molecule has 2 aromatic carbocycles. The lowest BCUT2D eigenvalue weighted by Crippen LogP contribution is -2.51. The monoisotopic (exact) mass is 617 g/mol. The minimum Gasteiger partial charge on any atom is -0.461 e. The van der Waals surface area contributed by atoms with Crippen molar-refractivity contribution >= 4 is 43.2 Å². The first kappa shape index (κ1) is 27.9. The van der Waals surface area contributed by atoms with Crippen LogP contribution in [0.4, 0.5) is 15.9 Å². The number of nitrogens with one attached hydrogen (secondary N) is 2. The molecule has 2 atom stereocenters. The van der Waals surface area contributed by atoms with Crippen LogP contribution >= 0.6 is 0 Å². The number of sulfonamides is 1. The molecule has 8 rings (SSSR count). The van der Waals surface area contributed by atoms with E-state index in [1.807, 2.05) is 24.3 Å². The summed E-state index contributed by atoms with van der Waals surface area (Å²) in [7, 11) is -3.55. The van der Waals surface area contributed by atoms with Crippen LogP contribution in [0.5, 0.6) is 6.01 Å². The number of hydrogen-bond acceptors (Lipinski definition) is 9. The number of halogens is 1. The Hall–Kier alpha value is -3.61. The zero-order chi connectivity index (χ0) is 30.1. The lowest BCUT2D eigenvalue weighted by atomic mass is 9.95. The normalized spacial score (nSPS) is 23.0. The van der Waals surface area contributed by atoms with Gasteiger partial charge in [-0.25, -0.2) is 12.8 Å². The molecule has 4 fully saturated rings. The summed E-state index contributed by atoms with van der Waals surface area (Å²) in [6.07, 6.45) is 9.43. The number of anilines is 2. The Morgan fingerprint density at radius 1 is 1.07 bits per heavy atom. The third-order valence-corrected chi connectivity index (χ3v) is 10.5. The van der Waals surface area contributed by atoms with E-state index in [1.54, 1.807) is 18.3 Å². The van der Waals surface area contributed by atoms with Crippen molar-refractivity contribution in [3.63, 3.8) is 0 Å². The van der Waals surface area contributed by atoms with Crippen LogP contribution in [0.2, 0.25) is 0 Å². The van der Waals surface area contributed by atoms with Gasteiger partial charge in [-0.3, -0.25) is 14.6 Å². The number of benzene rings is 2. The van der Waals surface area contributed by atoms with Crippen LogP contribution in [-0.4, -0.2) is 84.9 Å². The van der Waals surface area contributed by atoms with Crippen molar-refractivity contribution in [3.05, 3.63) is 48.4 Å². The molecule has 4 aromatic rings. The second-order valence-electron chi connectivity index (χ2n) is 12.9. The summed E-state index contributed by atoms with van der Waals surface area (Å²) in [5.74, 6) is 0.0585. The first-order valence-electron chi connectivity index (χ1n) is 15.5. The second kappa shape index (κ2) is 10.5. The van der Waals surface area contributed by atoms with Crippen molar-refractivity contribution in [1.82, 2.24) is 25.2 Å². The van der Waals surface area contributed by atoms with Crippen LogP contribution in [0.15, 0.2) is 42.6 Å². The molecule has 0 unspecified atom stereocenters. The Bertz CT molecular complexity index is 1870. The third-order valence-electron chi connectivity index (χ3n) is 9.86. The number of fused-ring (bicyclic) bond motifs is 5. The maximum Gasteiger partial charge on any atom is 0.319 e. The van der Waals surface area contributed by atoms with E-state index in [2.05, 4.69) is 29.8 Å². The number of rotatable bonds is 7. The highest BCUT2D eigenvalue weighted by molar-refractivity contribution is 7.92. The number of hydrogen-bond donors (Lipinski definition) is 2. The average molecular weight is 618 g/mol. The molecule has 2 aromatic heterocycles. The van der Waals surface area contributed by atoms with Crippen LogP contribution < -0.4 is 19.7 Å². The maximum absolute atomic E-state index is 16.8. The van der Waals surface area contributed by atoms with Crippen LogP contribution in [0, 0.1) is 5.82 Å². The van der Waals surface area contributed by atoms with Crippen LogP contribution in [-0.2, 0) is 10.0 Å². The van der Waals surface area contributed by atoms with Crippen LogP contribution in [0.1, 0.15) is 38.5 Å². The van der Waals surface area contributed by atoms with E-state index in [1.165, 1.54) is 0 Å². The quantitative estimate of drug-likeness (QED) is 0.313. The van der Waals surface area contributed by atoms with Crippen molar-refractivity contribution in [1.29, 1.82) is 0 Å². The summed E-state index contributed by atoms with van der Waals surface area (Å²) < 4.78 is 49.9. The van der Waals surface area contributed by atoms with Gasteiger partial charge in [-0.2, -0.15) is 9.97 Å². The number of aromatic nitrogens is 3. The fraction of sp³-hybridized carbons (Fsp3) is 0.469. The summed E-state index contributed by atoms with van der Waals surface area (Å²) >= 11 is 0. The molecule has 10 nitrogen and oxygen atoms in total. The Morgan fingerprint density at radius 2 is 1.82 bits per heavy atom. The topological polar surface area (TPSA) is 113 Å². The van der Waals surface area contributed by atoms with Gasteiger partial charge in [-0.05, 0) is 74.5 Å². The zero-order valence-corrected chi connectivity index (χ0v) is 25.5. The Morgan fingerprint density at radius 3 is 2.57 bits per heavy atom. The van der Waals surface area contributed by atoms with E-state index < -0.39 is 15.8 Å². The first-order valence-corrected chi connectivity index (χ1v) is 17.4. The second-order valence-corrected chi connectivity index (χ2v) is 14.6. The average Bonchev–Trinajstić information content (AvgIpc) is 3.68. The molecule has 230 valence electrons. The van der Waals surface area contributed by atoms with Crippen molar-refractivity contribution in [2.45, 2.75) is 56.1 Å². The van der Waals surface area contributed by atoms with E-state index >= 15 is 4.39 Å². The molecule has 44 heavy (non-hydrogen) atoms. The lowest BCUT2D eigenvalue weighted by molar-refractivity contribution is 0.108. The lowest BCUT2D eigenvalue weighted by Gasteiger charge is -2.34. The smallest absolute Gasteiger partial charge is 0.319 e. The molecule has 2 bridgehead atoms. The van der Waals surface area contributed by atoms with Gasteiger partial charge in [0.2, 0.25) is 10.0 Å². The summed E-state index contributed by atoms with van der Waals surface area (Å²) in [5, 5.41) is 5.71. The molecule has 0 spiro atoms. The highest BCUT2D eigenvalue weighted by Gasteiger charge is 2.45. The van der Waals surface area contributed by atoms with Crippen molar-refractivity contribution in [3.8, 4) is 17.3 Å². The highest BCUT2D eigenvalue weighted by atomic mass is 32.2. The molecule has 12 heteroatoms. The van der Waals surface area contributed by atoms with E-state index in [0.29, 0.717) is 41.1 Å². The standard InChI is InChI=1S/C32H36FN7O3S/c1-44(41,42)38-23-14-20-6-2-3-7-24(20)25(15-23)28-27(33)29-26(16-34-28)30(39-17-21-8-9-22(18-39)35-21)37-31(36-29)43-19-32-10-4-12-40(32)13-5-11-32/h2-3,6-7,14-16,21-22,35,38H,4-5,8-13,17-19H2,1H3/t21-,22+. The molecule has 0 amide bonds. The van der Waals surface area contributed by atoms with E-state index in [0.717, 1.165) is 81.7 Å². The van der Waals surface area contributed by atoms with Gasteiger partial charge < -0.3 is 15.0 Å². The van der Waals surface area contributed by atoms with E-state index in [4.69, 9.17) is 9.72 Å². The summed E-state index contributed by atoms with van der Waals surface area (Å²) in [5.41, 5.74) is 1.06. The molecule has 0 saturated carbocycles. The zero-order valence-electron chi connectivity index (χ0n) is 24.7. The summed E-state index contributed by atoms with van der Waals surface area (Å²) in [6.45, 7) is 4.19. The van der Waals surface area contributed by atoms with Crippen LogP contribution in [0.3, 0.4) is 0 Å². The molecule has 4 saturated heterocycles. The van der Waals surface area contributed by atoms with Gasteiger partial charge in [0.25, 0.3) is 0 Å². The van der Waals surface area contributed by atoms with Crippen molar-refractivity contribution in [2.75, 3.05) is 48.7 Å². The van der Waals surface area contributed by atoms with Crippen molar-refractivity contribution in [2.24, 2.45) is 0 Å². The minimum atomic E-state index is -3.55. The molecule has 0 radical (unpaired) electrons. The van der Waals surface area contributed by atoms with Crippen molar-refractivity contribution < 1.29 is 17.5 Å². The number of ether oxygens (including phenoxy) is 1. The predicted molar refractivity (Wildman–Crippen MR) is 169 cm³/mol. The van der Waals surface area contributed by atoms with Gasteiger partial charge in [0.1, 0.15) is 23.6 Å². The minimum absolute atomic E-state index is 0.000546. The molecular formula is C32H36FN7O3S. The molecule has 2 N–H and O–H groups in total. The fourth-order valence-electron chi connectivity index (χ4n) is 7.92. The van der Waals surface area contributed by atoms with E-state index in [-0.39, 0.29) is 22.8 Å². The van der Waals surface area contributed by atoms with Gasteiger partial charge in [-0.15, -0.1) is 0 Å². The SMILES string of the molecule is CS(=O)(=O)Nc1cc(-c2ncc3c(N4C[C@H]5CC[C@@H](C4)N5)nc(OCC45CCCN4CCC5)nc3c2F)c2ccccc2c1. The van der Waals surface area contributed by atoms with Gasteiger partial charge in [0, 0.05) is 42.6 Å². The van der Waals surface area contributed by atoms with Gasteiger partial charge in [-0.1, -0.05) is 24.3 Å². The molecule has 0 aliphatic carbocycles. The highest BCUT2D eigenvalue weighted by Crippen LogP contribution is 2.40. The maximum atomic E-state index is 16.8. The third kappa shape index (κ3) is 4.93. The van der Waals surface area contributed by atoms with Gasteiger partial charge >= 0.3 is 6.01 Å². The number of nitrogens with zero attached hydrogens (tertiary/aromatic N) is 5. The fourth-order valence-corrected chi connectivity index (χ4v) is 8.47. The predicted octanol–water partition coefficient (Wildman–Crippen LogP) is 4.30.